The Morgan fingerprint density at radius 3 is 2.47 bits per heavy atom. The summed E-state index contributed by atoms with van der Waals surface area (Å²) in [6.45, 7) is 2.03. The quantitative estimate of drug-likeness (QED) is 0.297. The van der Waals surface area contributed by atoms with Crippen molar-refractivity contribution in [1.82, 2.24) is 10.2 Å². The van der Waals surface area contributed by atoms with Crippen LogP contribution in [0.1, 0.15) is 57.1 Å². The molecule has 4 aromatic rings. The van der Waals surface area contributed by atoms with Crippen LogP contribution in [0.5, 0.6) is 17.2 Å². The summed E-state index contributed by atoms with van der Waals surface area (Å²) in [4.78, 5) is 28.2. The number of carbonyl (C=O) groups is 2. The lowest BCUT2D eigenvalue weighted by Crippen LogP contribution is -2.40. The molecule has 3 N–H and O–H groups in total. The second kappa shape index (κ2) is 13.8. The van der Waals surface area contributed by atoms with E-state index < -0.39 is 0 Å². The molecule has 0 aliphatic carbocycles. The van der Waals surface area contributed by atoms with Crippen molar-refractivity contribution in [2.24, 2.45) is 5.73 Å². The highest BCUT2D eigenvalue weighted by Gasteiger charge is 2.33. The van der Waals surface area contributed by atoms with Gasteiger partial charge in [0.05, 0.1) is 12.6 Å². The fourth-order valence-corrected chi connectivity index (χ4v) is 5.67. The summed E-state index contributed by atoms with van der Waals surface area (Å²) in [6.07, 6.45) is 2.51. The molecule has 9 rings (SSSR count). The normalized spacial score (nSPS) is 16.6. The van der Waals surface area contributed by atoms with E-state index >= 15 is 0 Å². The number of hydrogen-bond donors (Lipinski definition) is 2. The molecule has 8 heteroatoms. The molecular formula is C35H36ClN3O4. The topological polar surface area (TPSA) is 93.9 Å². The highest BCUT2D eigenvalue weighted by atomic mass is 35.5. The van der Waals surface area contributed by atoms with Crippen molar-refractivity contribution in [2.45, 2.75) is 38.3 Å². The Kier molecular flexibility index (Phi) is 9.65. The number of rotatable bonds is 2. The molecule has 0 saturated carbocycles. The molecule has 43 heavy (non-hydrogen) atoms. The fourth-order valence-electron chi connectivity index (χ4n) is 5.67. The first-order chi connectivity index (χ1) is 20.6. The molecule has 1 atom stereocenters. The first-order valence-corrected chi connectivity index (χ1v) is 14.6. The molecule has 4 aromatic carbocycles. The number of hydrogen-bond acceptors (Lipinski definition) is 5. The van der Waals surface area contributed by atoms with Gasteiger partial charge in [-0.25, -0.2) is 0 Å². The van der Waals surface area contributed by atoms with Crippen molar-refractivity contribution in [3.8, 4) is 17.2 Å². The third-order valence-corrected chi connectivity index (χ3v) is 7.93. The number of nitrogens with one attached hydrogen (secondary N) is 1. The Hall–Kier alpha value is -4.33. The van der Waals surface area contributed by atoms with E-state index in [1.165, 1.54) is 0 Å². The molecule has 7 nitrogen and oxygen atoms in total. The van der Waals surface area contributed by atoms with Gasteiger partial charge in [0, 0.05) is 31.6 Å². The van der Waals surface area contributed by atoms with Gasteiger partial charge in [0.15, 0.2) is 0 Å². The molecule has 0 fully saturated rings. The Morgan fingerprint density at radius 1 is 0.884 bits per heavy atom. The lowest BCUT2D eigenvalue weighted by atomic mass is 9.87. The average Bonchev–Trinajstić information content (AvgIpc) is 3.03. The van der Waals surface area contributed by atoms with Gasteiger partial charge < -0.3 is 25.4 Å². The zero-order chi connectivity index (χ0) is 28.9. The van der Waals surface area contributed by atoms with Crippen molar-refractivity contribution in [1.29, 1.82) is 0 Å². The van der Waals surface area contributed by atoms with Crippen LogP contribution in [0.4, 0.5) is 0 Å². The summed E-state index contributed by atoms with van der Waals surface area (Å²) in [5.74, 6) is 2.23. The van der Waals surface area contributed by atoms with E-state index in [1.54, 1.807) is 0 Å². The van der Waals surface area contributed by atoms with Crippen LogP contribution in [0.2, 0.25) is 0 Å². The lowest BCUT2D eigenvalue weighted by Gasteiger charge is -2.38. The lowest BCUT2D eigenvalue weighted by molar-refractivity contribution is -0.121. The number of nitrogens with two attached hydrogens (primary N) is 1. The second-order valence-corrected chi connectivity index (χ2v) is 10.8. The minimum atomic E-state index is -0.291. The largest absolute Gasteiger partial charge is 0.494 e. The number of ether oxygens (including phenoxy) is 2. The number of halogens is 1. The van der Waals surface area contributed by atoms with E-state index in [0.29, 0.717) is 57.5 Å². The van der Waals surface area contributed by atoms with Crippen molar-refractivity contribution in [3.05, 3.63) is 124 Å². The number of amides is 2. The maximum absolute atomic E-state index is 13.9. The van der Waals surface area contributed by atoms with Crippen LogP contribution in [0.25, 0.3) is 0 Å². The third-order valence-electron chi connectivity index (χ3n) is 7.93. The van der Waals surface area contributed by atoms with Crippen LogP contribution < -0.4 is 20.5 Å². The summed E-state index contributed by atoms with van der Waals surface area (Å²) in [7, 11) is 0. The van der Waals surface area contributed by atoms with Gasteiger partial charge >= 0.3 is 0 Å². The predicted molar refractivity (Wildman–Crippen MR) is 169 cm³/mol. The van der Waals surface area contributed by atoms with Crippen LogP contribution in [0, 0.1) is 0 Å². The van der Waals surface area contributed by atoms with Gasteiger partial charge in [-0.15, -0.1) is 12.4 Å². The maximum atomic E-state index is 13.9. The summed E-state index contributed by atoms with van der Waals surface area (Å²) in [5, 5.41) is 2.98. The summed E-state index contributed by atoms with van der Waals surface area (Å²) < 4.78 is 12.3. The van der Waals surface area contributed by atoms with E-state index in [9.17, 15) is 9.59 Å². The Balaban J connectivity index is 0.00000368. The van der Waals surface area contributed by atoms with Crippen molar-refractivity contribution >= 4 is 24.2 Å². The minimum Gasteiger partial charge on any atom is -0.494 e. The van der Waals surface area contributed by atoms with Crippen LogP contribution in [0.3, 0.4) is 0 Å². The summed E-state index contributed by atoms with van der Waals surface area (Å²) >= 11 is 0. The fraction of sp³-hybridized carbons (Fsp3) is 0.257. The van der Waals surface area contributed by atoms with Crippen molar-refractivity contribution in [2.75, 3.05) is 19.7 Å². The molecule has 5 aliphatic rings. The van der Waals surface area contributed by atoms with Gasteiger partial charge in [-0.2, -0.15) is 0 Å². The standard InChI is InChI=1S/C35H35N3O4.ClH/c36-23-25-5-10-26(11-6-25)35(40)38-19-17-27-21-31-14-15-32(27)34(38)28-3-1-4-30(22-28)41-20-2-18-37-33(39)16-9-24-7-12-29(42-31)13-8-24;/h1,3-8,10-15,21-22,34H,2,9,16-20,23,36H2,(H,37,39);1H. The average molecular weight is 598 g/mol. The molecule has 222 valence electrons. The Labute approximate surface area is 258 Å². The van der Waals surface area contributed by atoms with Crippen LogP contribution in [0.15, 0.2) is 91.0 Å². The number of nitrogens with zero attached hydrogens (tertiary/aromatic N) is 1. The van der Waals surface area contributed by atoms with E-state index in [1.807, 2.05) is 83.8 Å². The van der Waals surface area contributed by atoms with Crippen molar-refractivity contribution in [3.63, 3.8) is 0 Å². The van der Waals surface area contributed by atoms with Crippen LogP contribution >= 0.6 is 12.4 Å². The van der Waals surface area contributed by atoms with Gasteiger partial charge in [0.2, 0.25) is 5.91 Å². The SMILES string of the molecule is Cl.NCc1ccc(C(=O)N2CCc3cc4ccc3C2c2cccc(c2)OCCCNC(=O)CCc2ccc(cc2)O4)cc1. The summed E-state index contributed by atoms with van der Waals surface area (Å²) in [6, 6.07) is 29.2. The maximum Gasteiger partial charge on any atom is 0.254 e. The molecule has 0 saturated heterocycles. The minimum absolute atomic E-state index is 0. The molecule has 2 amide bonds. The number of aryl methyl sites for hydroxylation is 1. The van der Waals surface area contributed by atoms with E-state index in [4.69, 9.17) is 15.2 Å². The van der Waals surface area contributed by atoms with Crippen LogP contribution in [-0.2, 0) is 24.2 Å². The van der Waals surface area contributed by atoms with Gasteiger partial charge in [0.25, 0.3) is 5.91 Å². The number of benzene rings is 4. The van der Waals surface area contributed by atoms with Gasteiger partial charge in [-0.1, -0.05) is 42.5 Å². The van der Waals surface area contributed by atoms with Gasteiger partial charge in [-0.05, 0) is 95.6 Å². The second-order valence-electron chi connectivity index (χ2n) is 10.8. The first kappa shape index (κ1) is 30.1. The van der Waals surface area contributed by atoms with Gasteiger partial charge in [0.1, 0.15) is 17.2 Å². The zero-order valence-electron chi connectivity index (χ0n) is 24.0. The number of carbonyl (C=O) groups excluding carboxylic acids is 2. The molecule has 5 heterocycles. The molecule has 1 unspecified atom stereocenters. The van der Waals surface area contributed by atoms with Crippen LogP contribution in [-0.4, -0.2) is 36.4 Å². The Bertz CT molecular complexity index is 1570. The predicted octanol–water partition coefficient (Wildman–Crippen LogP) is 5.98. The monoisotopic (exact) mass is 597 g/mol. The smallest absolute Gasteiger partial charge is 0.254 e. The first-order valence-electron chi connectivity index (χ1n) is 14.6. The van der Waals surface area contributed by atoms with Crippen molar-refractivity contribution < 1.29 is 19.1 Å². The highest BCUT2D eigenvalue weighted by molar-refractivity contribution is 5.95. The van der Waals surface area contributed by atoms with Gasteiger partial charge in [-0.3, -0.25) is 9.59 Å². The zero-order valence-corrected chi connectivity index (χ0v) is 24.8. The van der Waals surface area contributed by atoms with E-state index in [-0.39, 0.29) is 30.3 Å². The highest BCUT2D eigenvalue weighted by Crippen LogP contribution is 2.39. The molecule has 0 spiro atoms. The van der Waals surface area contributed by atoms with E-state index in [2.05, 4.69) is 17.4 Å². The molecular weight excluding hydrogens is 562 g/mol. The third kappa shape index (κ3) is 7.01. The molecule has 0 aromatic heterocycles. The summed E-state index contributed by atoms with van der Waals surface area (Å²) in [5.41, 5.74) is 11.7. The molecule has 5 aliphatic heterocycles. The van der Waals surface area contributed by atoms with E-state index in [0.717, 1.165) is 45.1 Å². The molecule has 8 bridgehead atoms. The Morgan fingerprint density at radius 2 is 1.67 bits per heavy atom. The molecule has 0 radical (unpaired) electrons.